The lowest BCUT2D eigenvalue weighted by molar-refractivity contribution is -0.137. The molecule has 0 saturated heterocycles. The van der Waals surface area contributed by atoms with Gasteiger partial charge in [-0.3, -0.25) is 4.99 Å². The molecule has 0 aliphatic rings. The molecule has 0 heterocycles. The van der Waals surface area contributed by atoms with Gasteiger partial charge in [0.2, 0.25) is 0 Å². The lowest BCUT2D eigenvalue weighted by atomic mass is 10.1. The van der Waals surface area contributed by atoms with Crippen LogP contribution in [0.4, 0.5) is 13.2 Å². The summed E-state index contributed by atoms with van der Waals surface area (Å²) in [6.07, 6.45) is -1.04. The maximum absolute atomic E-state index is 12.4. The summed E-state index contributed by atoms with van der Waals surface area (Å²) in [5, 5.41) is 0. The lowest BCUT2D eigenvalue weighted by Crippen LogP contribution is -2.06. The van der Waals surface area contributed by atoms with Crippen molar-refractivity contribution in [3.8, 4) is 0 Å². The molecule has 0 aromatic heterocycles. The Morgan fingerprint density at radius 1 is 1.31 bits per heavy atom. The van der Waals surface area contributed by atoms with Gasteiger partial charge in [0, 0.05) is 11.9 Å². The molecule has 0 N–H and O–H groups in total. The normalized spacial score (nSPS) is 13.4. The Morgan fingerprint density at radius 3 is 2.56 bits per heavy atom. The summed E-state index contributed by atoms with van der Waals surface area (Å²) in [6, 6.07) is 5.14. The third-order valence-electron chi connectivity index (χ3n) is 2.02. The molecule has 1 nitrogen and oxygen atoms in total. The first-order valence-corrected chi connectivity index (χ1v) is 4.78. The van der Waals surface area contributed by atoms with Gasteiger partial charge in [0.15, 0.2) is 0 Å². The van der Waals surface area contributed by atoms with E-state index in [1.807, 2.05) is 0 Å². The number of rotatable bonds is 2. The van der Waals surface area contributed by atoms with E-state index in [0.29, 0.717) is 11.3 Å². The number of alkyl halides is 3. The molecule has 1 rings (SSSR count). The Labute approximate surface area is 92.3 Å². The zero-order valence-corrected chi connectivity index (χ0v) is 9.05. The summed E-state index contributed by atoms with van der Waals surface area (Å²) in [5.74, 6) is 0. The van der Waals surface area contributed by atoms with Crippen LogP contribution >= 0.6 is 0 Å². The van der Waals surface area contributed by atoms with Crippen molar-refractivity contribution in [1.29, 1.82) is 0 Å². The van der Waals surface area contributed by atoms with E-state index in [2.05, 4.69) is 4.99 Å². The molecule has 1 aromatic rings. The summed E-state index contributed by atoms with van der Waals surface area (Å²) in [4.78, 5) is 4.00. The van der Waals surface area contributed by atoms with Gasteiger partial charge >= 0.3 is 6.18 Å². The van der Waals surface area contributed by atoms with Crippen LogP contribution in [0.1, 0.15) is 25.0 Å². The summed E-state index contributed by atoms with van der Waals surface area (Å²) in [5.41, 5.74) is 0.386. The maximum atomic E-state index is 12.4. The van der Waals surface area contributed by atoms with Gasteiger partial charge in [0.1, 0.15) is 0 Å². The monoisotopic (exact) mass is 227 g/mol. The minimum atomic E-state index is -4.31. The average Bonchev–Trinajstić information content (AvgIpc) is 2.25. The second kappa shape index (κ2) is 4.96. The van der Waals surface area contributed by atoms with E-state index in [-0.39, 0.29) is 0 Å². The highest BCUT2D eigenvalue weighted by atomic mass is 19.4. The summed E-state index contributed by atoms with van der Waals surface area (Å²) < 4.78 is 37.3. The molecule has 0 radical (unpaired) electrons. The first kappa shape index (κ1) is 12.5. The standard InChI is InChI=1S/C12H12F3N/c1-3-7-16-9(2)10-5-4-6-11(8-10)12(13,14)15/h3-8H,1-2H3/b7-3-,16-9?. The summed E-state index contributed by atoms with van der Waals surface area (Å²) in [6.45, 7) is 3.47. The minimum Gasteiger partial charge on any atom is -0.261 e. The van der Waals surface area contributed by atoms with Gasteiger partial charge in [0.05, 0.1) is 5.56 Å². The van der Waals surface area contributed by atoms with Crippen LogP contribution in [-0.2, 0) is 6.18 Å². The van der Waals surface area contributed by atoms with Gasteiger partial charge in [0.25, 0.3) is 0 Å². The van der Waals surface area contributed by atoms with E-state index in [0.717, 1.165) is 12.1 Å². The Bertz CT molecular complexity index is 417. The Morgan fingerprint density at radius 2 is 2.00 bits per heavy atom. The van der Waals surface area contributed by atoms with Gasteiger partial charge in [-0.25, -0.2) is 0 Å². The third-order valence-corrected chi connectivity index (χ3v) is 2.02. The molecule has 0 amide bonds. The number of benzene rings is 1. The van der Waals surface area contributed by atoms with Crippen LogP contribution in [0.15, 0.2) is 41.5 Å². The van der Waals surface area contributed by atoms with Crippen LogP contribution in [0.25, 0.3) is 0 Å². The van der Waals surface area contributed by atoms with Crippen LogP contribution in [-0.4, -0.2) is 5.71 Å². The van der Waals surface area contributed by atoms with Crippen molar-refractivity contribution in [2.75, 3.05) is 0 Å². The fraction of sp³-hybridized carbons (Fsp3) is 0.250. The third kappa shape index (κ3) is 3.22. The largest absolute Gasteiger partial charge is 0.416 e. The highest BCUT2D eigenvalue weighted by Gasteiger charge is 2.30. The molecule has 0 unspecified atom stereocenters. The van der Waals surface area contributed by atoms with Crippen molar-refractivity contribution in [2.45, 2.75) is 20.0 Å². The zero-order chi connectivity index (χ0) is 12.2. The van der Waals surface area contributed by atoms with Crippen LogP contribution < -0.4 is 0 Å². The molecule has 0 fully saturated rings. The fourth-order valence-electron chi connectivity index (χ4n) is 1.18. The number of hydrogen-bond donors (Lipinski definition) is 0. The second-order valence-corrected chi connectivity index (χ2v) is 3.28. The SMILES string of the molecule is C/C=C\N=C(C)c1cccc(C(F)(F)F)c1. The molecule has 0 aliphatic heterocycles. The van der Waals surface area contributed by atoms with Crippen molar-refractivity contribution >= 4 is 5.71 Å². The summed E-state index contributed by atoms with van der Waals surface area (Å²) in [7, 11) is 0. The Hall–Kier alpha value is -1.58. The maximum Gasteiger partial charge on any atom is 0.416 e. The van der Waals surface area contributed by atoms with Gasteiger partial charge in [-0.1, -0.05) is 18.2 Å². The predicted octanol–water partition coefficient (Wildman–Crippen LogP) is 4.05. The Kier molecular flexibility index (Phi) is 3.88. The van der Waals surface area contributed by atoms with Gasteiger partial charge in [-0.2, -0.15) is 13.2 Å². The van der Waals surface area contributed by atoms with E-state index in [4.69, 9.17) is 0 Å². The quantitative estimate of drug-likeness (QED) is 0.676. The highest BCUT2D eigenvalue weighted by Crippen LogP contribution is 2.29. The molecule has 0 atom stereocenters. The van der Waals surface area contributed by atoms with Crippen molar-refractivity contribution in [3.63, 3.8) is 0 Å². The lowest BCUT2D eigenvalue weighted by Gasteiger charge is -2.08. The van der Waals surface area contributed by atoms with E-state index in [1.165, 1.54) is 6.07 Å². The molecule has 4 heteroatoms. The first-order chi connectivity index (χ1) is 7.45. The molecule has 0 spiro atoms. The minimum absolute atomic E-state index is 0.480. The molecular formula is C12H12F3N. The van der Waals surface area contributed by atoms with Crippen molar-refractivity contribution in [2.24, 2.45) is 4.99 Å². The van der Waals surface area contributed by atoms with Crippen LogP contribution in [0, 0.1) is 0 Å². The molecular weight excluding hydrogens is 215 g/mol. The van der Waals surface area contributed by atoms with E-state index in [1.54, 1.807) is 32.2 Å². The summed E-state index contributed by atoms with van der Waals surface area (Å²) >= 11 is 0. The van der Waals surface area contributed by atoms with Crippen LogP contribution in [0.5, 0.6) is 0 Å². The molecule has 0 bridgehead atoms. The number of allylic oxidation sites excluding steroid dienone is 1. The highest BCUT2D eigenvalue weighted by molar-refractivity contribution is 5.99. The molecule has 86 valence electrons. The van der Waals surface area contributed by atoms with Crippen molar-refractivity contribution < 1.29 is 13.2 Å². The van der Waals surface area contributed by atoms with E-state index in [9.17, 15) is 13.2 Å². The molecule has 16 heavy (non-hydrogen) atoms. The van der Waals surface area contributed by atoms with Crippen molar-refractivity contribution in [1.82, 2.24) is 0 Å². The molecule has 1 aromatic carbocycles. The van der Waals surface area contributed by atoms with E-state index < -0.39 is 11.7 Å². The number of aliphatic imine (C=N–C) groups is 1. The second-order valence-electron chi connectivity index (χ2n) is 3.28. The zero-order valence-electron chi connectivity index (χ0n) is 9.05. The number of nitrogens with zero attached hydrogens (tertiary/aromatic N) is 1. The smallest absolute Gasteiger partial charge is 0.261 e. The van der Waals surface area contributed by atoms with Crippen LogP contribution in [0.2, 0.25) is 0 Å². The molecule has 0 aliphatic carbocycles. The van der Waals surface area contributed by atoms with Crippen LogP contribution in [0.3, 0.4) is 0 Å². The van der Waals surface area contributed by atoms with Crippen molar-refractivity contribution in [3.05, 3.63) is 47.7 Å². The topological polar surface area (TPSA) is 12.4 Å². The Balaban J connectivity index is 3.08. The number of hydrogen-bond acceptors (Lipinski definition) is 1. The van der Waals surface area contributed by atoms with Gasteiger partial charge < -0.3 is 0 Å². The van der Waals surface area contributed by atoms with E-state index >= 15 is 0 Å². The first-order valence-electron chi connectivity index (χ1n) is 4.78. The number of halogens is 3. The molecule has 0 saturated carbocycles. The fourth-order valence-corrected chi connectivity index (χ4v) is 1.18. The van der Waals surface area contributed by atoms with Gasteiger partial charge in [-0.05, 0) is 31.5 Å². The van der Waals surface area contributed by atoms with Gasteiger partial charge in [-0.15, -0.1) is 0 Å². The average molecular weight is 227 g/mol. The predicted molar refractivity (Wildman–Crippen MR) is 58.5 cm³/mol.